The number of carbonyl (C=O) groups excluding carboxylic acids is 1. The molecule has 3 aromatic heterocycles. The molecule has 0 spiro atoms. The predicted octanol–water partition coefficient (Wildman–Crippen LogP) is 2.64. The Balaban J connectivity index is 1.71. The summed E-state index contributed by atoms with van der Waals surface area (Å²) in [4.78, 5) is 24.6. The minimum absolute atomic E-state index is 0.159. The smallest absolute Gasteiger partial charge is 0.269 e. The molecule has 0 radical (unpaired) electrons. The lowest BCUT2D eigenvalue weighted by molar-refractivity contribution is -0.114. The van der Waals surface area contributed by atoms with E-state index in [1.54, 1.807) is 6.20 Å². The van der Waals surface area contributed by atoms with Crippen molar-refractivity contribution in [3.05, 3.63) is 41.6 Å². The number of nitrogens with one attached hydrogen (secondary N) is 1. The summed E-state index contributed by atoms with van der Waals surface area (Å²) < 4.78 is 5.32. The average molecular weight is 329 g/mol. The summed E-state index contributed by atoms with van der Waals surface area (Å²) in [5.74, 6) is 0.906. The Bertz CT molecular complexity index is 812. The van der Waals surface area contributed by atoms with Crippen molar-refractivity contribution in [1.82, 2.24) is 20.1 Å². The van der Waals surface area contributed by atoms with Crippen LogP contribution in [0.2, 0.25) is 0 Å². The fourth-order valence-electron chi connectivity index (χ4n) is 2.05. The minimum atomic E-state index is -0.159. The second-order valence-corrected chi connectivity index (χ2v) is 5.99. The van der Waals surface area contributed by atoms with Gasteiger partial charge in [0.05, 0.1) is 5.69 Å². The Morgan fingerprint density at radius 1 is 1.35 bits per heavy atom. The Morgan fingerprint density at radius 3 is 2.96 bits per heavy atom. The highest BCUT2D eigenvalue weighted by Crippen LogP contribution is 2.31. The molecule has 0 bridgehead atoms. The van der Waals surface area contributed by atoms with Crippen LogP contribution in [0.15, 0.2) is 29.0 Å². The van der Waals surface area contributed by atoms with Crippen molar-refractivity contribution in [2.24, 2.45) is 0 Å². The van der Waals surface area contributed by atoms with Gasteiger partial charge in [0, 0.05) is 25.7 Å². The van der Waals surface area contributed by atoms with Crippen LogP contribution in [0.1, 0.15) is 24.0 Å². The van der Waals surface area contributed by atoms with Crippen molar-refractivity contribution >= 4 is 22.4 Å². The summed E-state index contributed by atoms with van der Waals surface area (Å²) in [7, 11) is 0. The number of hydrogen-bond donors (Lipinski definition) is 1. The highest BCUT2D eigenvalue weighted by molar-refractivity contribution is 7.19. The van der Waals surface area contributed by atoms with Crippen LogP contribution in [0, 0.1) is 6.92 Å². The molecule has 0 aromatic carbocycles. The fraction of sp³-hybridized carbons (Fsp3) is 0.267. The highest BCUT2D eigenvalue weighted by atomic mass is 32.1. The lowest BCUT2D eigenvalue weighted by Crippen LogP contribution is -2.04. The maximum absolute atomic E-state index is 11.1. The quantitative estimate of drug-likeness (QED) is 0.773. The van der Waals surface area contributed by atoms with Crippen LogP contribution < -0.4 is 5.32 Å². The minimum Gasteiger partial charge on any atom is -0.333 e. The first kappa shape index (κ1) is 15.3. The zero-order valence-corrected chi connectivity index (χ0v) is 13.6. The number of rotatable bonds is 5. The summed E-state index contributed by atoms with van der Waals surface area (Å²) in [6.07, 6.45) is 5.04. The maximum atomic E-state index is 11.1. The SMILES string of the molecule is CC(=O)Nc1nc(C)c(-c2nc(CCc3cccnc3)no2)s1. The second kappa shape index (κ2) is 6.66. The Kier molecular flexibility index (Phi) is 4.42. The van der Waals surface area contributed by atoms with E-state index in [-0.39, 0.29) is 5.91 Å². The van der Waals surface area contributed by atoms with E-state index >= 15 is 0 Å². The van der Waals surface area contributed by atoms with Gasteiger partial charge in [-0.3, -0.25) is 9.78 Å². The summed E-state index contributed by atoms with van der Waals surface area (Å²) in [6.45, 7) is 3.29. The van der Waals surface area contributed by atoms with Gasteiger partial charge in [-0.25, -0.2) is 4.98 Å². The molecule has 3 heterocycles. The van der Waals surface area contributed by atoms with E-state index in [4.69, 9.17) is 4.52 Å². The first-order chi connectivity index (χ1) is 11.1. The van der Waals surface area contributed by atoms with E-state index in [2.05, 4.69) is 25.4 Å². The van der Waals surface area contributed by atoms with E-state index < -0.39 is 0 Å². The van der Waals surface area contributed by atoms with Gasteiger partial charge in [0.1, 0.15) is 4.88 Å². The molecule has 0 saturated carbocycles. The number of thiazole rings is 1. The zero-order valence-electron chi connectivity index (χ0n) is 12.7. The molecule has 118 valence electrons. The Hall–Kier alpha value is -2.61. The van der Waals surface area contributed by atoms with Crippen molar-refractivity contribution in [2.75, 3.05) is 5.32 Å². The van der Waals surface area contributed by atoms with Gasteiger partial charge in [-0.2, -0.15) is 4.98 Å². The van der Waals surface area contributed by atoms with Crippen LogP contribution in [0.4, 0.5) is 5.13 Å². The van der Waals surface area contributed by atoms with Gasteiger partial charge in [-0.1, -0.05) is 22.6 Å². The molecule has 0 aliphatic heterocycles. The highest BCUT2D eigenvalue weighted by Gasteiger charge is 2.17. The van der Waals surface area contributed by atoms with E-state index in [9.17, 15) is 4.79 Å². The number of carbonyl (C=O) groups is 1. The Labute approximate surface area is 136 Å². The normalized spacial score (nSPS) is 10.7. The molecule has 0 saturated heterocycles. The molecular weight excluding hydrogens is 314 g/mol. The molecule has 0 aliphatic carbocycles. The monoisotopic (exact) mass is 329 g/mol. The molecular formula is C15H15N5O2S. The molecule has 3 aromatic rings. The predicted molar refractivity (Wildman–Crippen MR) is 86.1 cm³/mol. The molecule has 0 unspecified atom stereocenters. The number of aromatic nitrogens is 4. The Morgan fingerprint density at radius 2 is 2.22 bits per heavy atom. The maximum Gasteiger partial charge on any atom is 0.269 e. The van der Waals surface area contributed by atoms with Crippen molar-refractivity contribution in [2.45, 2.75) is 26.7 Å². The first-order valence-corrected chi connectivity index (χ1v) is 7.90. The summed E-state index contributed by atoms with van der Waals surface area (Å²) >= 11 is 1.32. The topological polar surface area (TPSA) is 93.8 Å². The number of hydrogen-bond acceptors (Lipinski definition) is 7. The third-order valence-corrected chi connectivity index (χ3v) is 4.16. The van der Waals surface area contributed by atoms with Crippen LogP contribution in [0.3, 0.4) is 0 Å². The van der Waals surface area contributed by atoms with Crippen LogP contribution >= 0.6 is 11.3 Å². The van der Waals surface area contributed by atoms with Crippen LogP contribution in [-0.2, 0) is 17.6 Å². The summed E-state index contributed by atoms with van der Waals surface area (Å²) in [5, 5.41) is 7.19. The van der Waals surface area contributed by atoms with Crippen molar-refractivity contribution in [1.29, 1.82) is 0 Å². The van der Waals surface area contributed by atoms with Gasteiger partial charge in [-0.15, -0.1) is 0 Å². The van der Waals surface area contributed by atoms with Gasteiger partial charge in [-0.05, 0) is 25.0 Å². The summed E-state index contributed by atoms with van der Waals surface area (Å²) in [5.41, 5.74) is 1.88. The standard InChI is InChI=1S/C15H15N5O2S/c1-9-13(23-15(17-9)18-10(2)21)14-19-12(20-22-14)6-5-11-4-3-7-16-8-11/h3-4,7-8H,5-6H2,1-2H3,(H,17,18,21). The molecule has 0 fully saturated rings. The van der Waals surface area contributed by atoms with E-state index in [1.807, 2.05) is 25.3 Å². The number of aryl methyl sites for hydroxylation is 3. The third kappa shape index (κ3) is 3.78. The first-order valence-electron chi connectivity index (χ1n) is 7.08. The van der Waals surface area contributed by atoms with Gasteiger partial charge in [0.15, 0.2) is 11.0 Å². The number of amides is 1. The van der Waals surface area contributed by atoms with Gasteiger partial charge in [0.2, 0.25) is 5.91 Å². The molecule has 0 atom stereocenters. The zero-order chi connectivity index (χ0) is 16.2. The van der Waals surface area contributed by atoms with Gasteiger partial charge < -0.3 is 9.84 Å². The van der Waals surface area contributed by atoms with Crippen LogP contribution in [0.5, 0.6) is 0 Å². The van der Waals surface area contributed by atoms with E-state index in [0.717, 1.165) is 22.6 Å². The number of nitrogens with zero attached hydrogens (tertiary/aromatic N) is 4. The largest absolute Gasteiger partial charge is 0.333 e. The van der Waals surface area contributed by atoms with Crippen molar-refractivity contribution in [3.63, 3.8) is 0 Å². The molecule has 0 aliphatic rings. The molecule has 7 nitrogen and oxygen atoms in total. The molecule has 3 rings (SSSR count). The third-order valence-electron chi connectivity index (χ3n) is 3.10. The van der Waals surface area contributed by atoms with Gasteiger partial charge >= 0.3 is 0 Å². The van der Waals surface area contributed by atoms with Crippen molar-refractivity contribution < 1.29 is 9.32 Å². The number of anilines is 1. The van der Waals surface area contributed by atoms with Gasteiger partial charge in [0.25, 0.3) is 5.89 Å². The average Bonchev–Trinajstić information content (AvgIpc) is 3.12. The molecule has 1 N–H and O–H groups in total. The van der Waals surface area contributed by atoms with Crippen molar-refractivity contribution in [3.8, 4) is 10.8 Å². The fourth-order valence-corrected chi connectivity index (χ4v) is 2.98. The van der Waals surface area contributed by atoms with E-state index in [0.29, 0.717) is 23.3 Å². The van der Waals surface area contributed by atoms with Crippen LogP contribution in [-0.4, -0.2) is 26.0 Å². The van der Waals surface area contributed by atoms with Crippen LogP contribution in [0.25, 0.3) is 10.8 Å². The summed E-state index contributed by atoms with van der Waals surface area (Å²) in [6, 6.07) is 3.92. The number of pyridine rings is 1. The lowest BCUT2D eigenvalue weighted by atomic mass is 10.1. The van der Waals surface area contributed by atoms with E-state index in [1.165, 1.54) is 18.3 Å². The molecule has 1 amide bonds. The lowest BCUT2D eigenvalue weighted by Gasteiger charge is -1.95. The second-order valence-electron chi connectivity index (χ2n) is 4.99. The molecule has 8 heteroatoms. The molecule has 23 heavy (non-hydrogen) atoms.